The molecule has 0 saturated carbocycles. The third-order valence-electron chi connectivity index (χ3n) is 1.23. The molecule has 0 saturated heterocycles. The van der Waals surface area contributed by atoms with Gasteiger partial charge in [-0.3, -0.25) is 0 Å². The van der Waals surface area contributed by atoms with Crippen molar-refractivity contribution in [3.8, 4) is 0 Å². The number of thiophene rings is 1. The van der Waals surface area contributed by atoms with E-state index in [-0.39, 0.29) is 0 Å². The van der Waals surface area contributed by atoms with Crippen LogP contribution in [-0.2, 0) is 4.43 Å². The molecule has 3 heteroatoms. The molecule has 0 N–H and O–H groups in total. The minimum absolute atomic E-state index is 1.22. The Bertz CT molecular complexity index is 246. The van der Waals surface area contributed by atoms with Gasteiger partial charge in [0.05, 0.1) is 6.26 Å². The molecule has 0 spiro atoms. The zero-order valence-corrected chi connectivity index (χ0v) is 9.52. The average Bonchev–Trinajstić information content (AvgIpc) is 2.36. The predicted octanol–water partition coefficient (Wildman–Crippen LogP) is 3.57. The zero-order chi connectivity index (χ0) is 9.03. The summed E-state index contributed by atoms with van der Waals surface area (Å²) in [5, 5.41) is 4.16. The molecule has 0 aliphatic rings. The summed E-state index contributed by atoms with van der Waals surface area (Å²) in [7, 11) is -1.37. The second-order valence-corrected chi connectivity index (χ2v) is 8.83. The lowest BCUT2D eigenvalue weighted by atomic mass is 10.3. The summed E-state index contributed by atoms with van der Waals surface area (Å²) in [6.45, 7) is 6.51. The molecular weight excluding hydrogens is 184 g/mol. The lowest BCUT2D eigenvalue weighted by molar-refractivity contribution is 0.483. The normalized spacial score (nSPS) is 12.2. The number of rotatable bonds is 3. The number of hydrogen-bond acceptors (Lipinski definition) is 2. The van der Waals surface area contributed by atoms with E-state index in [9.17, 15) is 0 Å². The molecule has 0 aliphatic heterocycles. The molecule has 0 aliphatic carbocycles. The SMILES string of the molecule is C[Si](C)(C)OC=Cc1ccsc1. The summed E-state index contributed by atoms with van der Waals surface area (Å²) in [5.74, 6) is 0. The molecular formula is C9H14OSSi. The van der Waals surface area contributed by atoms with Crippen LogP contribution in [0, 0.1) is 0 Å². The summed E-state index contributed by atoms with van der Waals surface area (Å²) < 4.78 is 5.57. The van der Waals surface area contributed by atoms with Crippen molar-refractivity contribution in [3.05, 3.63) is 28.7 Å². The molecule has 1 nitrogen and oxygen atoms in total. The van der Waals surface area contributed by atoms with E-state index in [2.05, 4.69) is 36.5 Å². The molecule has 0 amide bonds. The minimum Gasteiger partial charge on any atom is -0.550 e. The van der Waals surface area contributed by atoms with Crippen molar-refractivity contribution in [2.45, 2.75) is 19.6 Å². The number of hydrogen-bond donors (Lipinski definition) is 0. The first-order valence-corrected chi connectivity index (χ1v) is 8.29. The molecule has 1 aromatic heterocycles. The maximum atomic E-state index is 5.57. The van der Waals surface area contributed by atoms with E-state index in [0.29, 0.717) is 0 Å². The van der Waals surface area contributed by atoms with Gasteiger partial charge in [0.15, 0.2) is 0 Å². The lowest BCUT2D eigenvalue weighted by Gasteiger charge is -2.14. The monoisotopic (exact) mass is 198 g/mol. The van der Waals surface area contributed by atoms with Gasteiger partial charge in [-0.2, -0.15) is 11.3 Å². The van der Waals surface area contributed by atoms with Gasteiger partial charge >= 0.3 is 0 Å². The van der Waals surface area contributed by atoms with Crippen LogP contribution in [0.25, 0.3) is 6.08 Å². The average molecular weight is 198 g/mol. The van der Waals surface area contributed by atoms with Crippen LogP contribution in [0.1, 0.15) is 5.56 Å². The van der Waals surface area contributed by atoms with E-state index in [1.165, 1.54) is 5.56 Å². The summed E-state index contributed by atoms with van der Waals surface area (Å²) in [4.78, 5) is 0. The summed E-state index contributed by atoms with van der Waals surface area (Å²) in [5.41, 5.74) is 1.22. The van der Waals surface area contributed by atoms with Gasteiger partial charge in [0.2, 0.25) is 8.32 Å². The van der Waals surface area contributed by atoms with Crippen LogP contribution in [0.15, 0.2) is 23.1 Å². The van der Waals surface area contributed by atoms with Crippen LogP contribution in [0.4, 0.5) is 0 Å². The second-order valence-electron chi connectivity index (χ2n) is 3.59. The van der Waals surface area contributed by atoms with Gasteiger partial charge in [-0.05, 0) is 48.1 Å². The Morgan fingerprint density at radius 1 is 1.42 bits per heavy atom. The van der Waals surface area contributed by atoms with Gasteiger partial charge < -0.3 is 4.43 Å². The molecule has 0 unspecified atom stereocenters. The van der Waals surface area contributed by atoms with E-state index >= 15 is 0 Å². The first kappa shape index (κ1) is 9.54. The highest BCUT2D eigenvalue weighted by atomic mass is 32.1. The minimum atomic E-state index is -1.37. The van der Waals surface area contributed by atoms with Crippen LogP contribution >= 0.6 is 11.3 Å². The van der Waals surface area contributed by atoms with Crippen LogP contribution in [0.2, 0.25) is 19.6 Å². The fraction of sp³-hybridized carbons (Fsp3) is 0.333. The molecule has 0 aromatic carbocycles. The van der Waals surface area contributed by atoms with E-state index in [1.54, 1.807) is 11.3 Å². The predicted molar refractivity (Wildman–Crippen MR) is 57.8 cm³/mol. The Labute approximate surface area is 78.8 Å². The molecule has 66 valence electrons. The van der Waals surface area contributed by atoms with Crippen LogP contribution in [0.5, 0.6) is 0 Å². The molecule has 1 rings (SSSR count). The maximum Gasteiger partial charge on any atom is 0.241 e. The van der Waals surface area contributed by atoms with Crippen molar-refractivity contribution in [1.82, 2.24) is 0 Å². The van der Waals surface area contributed by atoms with Crippen LogP contribution in [0.3, 0.4) is 0 Å². The molecule has 0 atom stereocenters. The smallest absolute Gasteiger partial charge is 0.241 e. The highest BCUT2D eigenvalue weighted by molar-refractivity contribution is 7.08. The Balaban J connectivity index is 2.42. The van der Waals surface area contributed by atoms with Crippen molar-refractivity contribution in [2.75, 3.05) is 0 Å². The van der Waals surface area contributed by atoms with E-state index < -0.39 is 8.32 Å². The van der Waals surface area contributed by atoms with Crippen LogP contribution < -0.4 is 0 Å². The van der Waals surface area contributed by atoms with Gasteiger partial charge in [0.25, 0.3) is 0 Å². The molecule has 1 heterocycles. The Morgan fingerprint density at radius 2 is 2.17 bits per heavy atom. The first-order chi connectivity index (χ1) is 5.58. The third-order valence-corrected chi connectivity index (χ3v) is 2.77. The van der Waals surface area contributed by atoms with Gasteiger partial charge in [0.1, 0.15) is 0 Å². The van der Waals surface area contributed by atoms with Gasteiger partial charge in [0, 0.05) is 0 Å². The largest absolute Gasteiger partial charge is 0.550 e. The highest BCUT2D eigenvalue weighted by Gasteiger charge is 2.12. The van der Waals surface area contributed by atoms with E-state index in [4.69, 9.17) is 4.43 Å². The Hall–Kier alpha value is -0.543. The molecule has 0 fully saturated rings. The standard InChI is InChI=1S/C9H14OSSi/c1-12(2,3)10-6-4-9-5-7-11-8-9/h4-8H,1-3H3. The van der Waals surface area contributed by atoms with Crippen molar-refractivity contribution in [3.63, 3.8) is 0 Å². The summed E-state index contributed by atoms with van der Waals surface area (Å²) >= 11 is 1.70. The Kier molecular flexibility index (Phi) is 3.11. The van der Waals surface area contributed by atoms with Crippen molar-refractivity contribution in [1.29, 1.82) is 0 Å². The van der Waals surface area contributed by atoms with Crippen molar-refractivity contribution in [2.24, 2.45) is 0 Å². The van der Waals surface area contributed by atoms with Gasteiger partial charge in [-0.1, -0.05) is 0 Å². The lowest BCUT2D eigenvalue weighted by Crippen LogP contribution is -2.21. The molecule has 12 heavy (non-hydrogen) atoms. The first-order valence-electron chi connectivity index (χ1n) is 3.94. The van der Waals surface area contributed by atoms with Crippen molar-refractivity contribution < 1.29 is 4.43 Å². The van der Waals surface area contributed by atoms with E-state index in [1.807, 2.05) is 12.3 Å². The van der Waals surface area contributed by atoms with Crippen molar-refractivity contribution >= 4 is 25.7 Å². The fourth-order valence-corrected chi connectivity index (χ4v) is 1.79. The molecule has 0 radical (unpaired) electrons. The quantitative estimate of drug-likeness (QED) is 0.533. The summed E-state index contributed by atoms with van der Waals surface area (Å²) in [6, 6.07) is 2.08. The fourth-order valence-electron chi connectivity index (χ4n) is 0.687. The third kappa shape index (κ3) is 3.73. The Morgan fingerprint density at radius 3 is 2.67 bits per heavy atom. The van der Waals surface area contributed by atoms with Gasteiger partial charge in [-0.25, -0.2) is 0 Å². The van der Waals surface area contributed by atoms with Crippen LogP contribution in [-0.4, -0.2) is 8.32 Å². The van der Waals surface area contributed by atoms with Gasteiger partial charge in [-0.15, -0.1) is 0 Å². The second kappa shape index (κ2) is 3.91. The summed E-state index contributed by atoms with van der Waals surface area (Å²) in [6.07, 6.45) is 3.82. The molecule has 0 bridgehead atoms. The molecule has 1 aromatic rings. The highest BCUT2D eigenvalue weighted by Crippen LogP contribution is 2.09. The topological polar surface area (TPSA) is 9.23 Å². The van der Waals surface area contributed by atoms with E-state index in [0.717, 1.165) is 0 Å². The maximum absolute atomic E-state index is 5.57. The zero-order valence-electron chi connectivity index (χ0n) is 7.70.